The molecule has 0 bridgehead atoms. The number of piperazine rings is 1. The number of anilines is 2. The first-order chi connectivity index (χ1) is 17.7. The molecule has 2 aliphatic rings. The molecule has 3 aromatic rings. The fraction of sp³-hybridized carbons (Fsp3) is 0.360. The van der Waals surface area contributed by atoms with Crippen molar-refractivity contribution >= 4 is 40.1 Å². The third kappa shape index (κ3) is 4.78. The van der Waals surface area contributed by atoms with Crippen molar-refractivity contribution in [2.75, 3.05) is 42.9 Å². The Morgan fingerprint density at radius 1 is 1.14 bits per heavy atom. The Labute approximate surface area is 211 Å². The maximum Gasteiger partial charge on any atom is 0.387 e. The van der Waals surface area contributed by atoms with Gasteiger partial charge in [-0.1, -0.05) is 0 Å². The molecule has 3 amide bonds. The van der Waals surface area contributed by atoms with E-state index in [-0.39, 0.29) is 35.0 Å². The lowest BCUT2D eigenvalue weighted by molar-refractivity contribution is -0.129. The number of pyridine rings is 1. The molecule has 0 radical (unpaired) electrons. The lowest BCUT2D eigenvalue weighted by atomic mass is 10.2. The summed E-state index contributed by atoms with van der Waals surface area (Å²) < 4.78 is 32.9. The van der Waals surface area contributed by atoms with Crippen LogP contribution in [0, 0.1) is 0 Å². The summed E-state index contributed by atoms with van der Waals surface area (Å²) in [7, 11) is 0. The van der Waals surface area contributed by atoms with Crippen molar-refractivity contribution in [2.24, 2.45) is 0 Å². The van der Waals surface area contributed by atoms with Crippen LogP contribution in [0.15, 0.2) is 36.4 Å². The van der Waals surface area contributed by atoms with E-state index in [0.29, 0.717) is 55.1 Å². The summed E-state index contributed by atoms with van der Waals surface area (Å²) >= 11 is 0. The number of rotatable bonds is 5. The van der Waals surface area contributed by atoms with E-state index in [1.54, 1.807) is 27.7 Å². The number of benzene rings is 1. The highest BCUT2D eigenvalue weighted by Gasteiger charge is 2.26. The van der Waals surface area contributed by atoms with Crippen LogP contribution in [-0.2, 0) is 4.79 Å². The molecule has 194 valence electrons. The molecule has 5 rings (SSSR count). The highest BCUT2D eigenvalue weighted by molar-refractivity contribution is 6.05. The predicted molar refractivity (Wildman–Crippen MR) is 132 cm³/mol. The largest absolute Gasteiger partial charge is 0.433 e. The van der Waals surface area contributed by atoms with E-state index in [1.807, 2.05) is 11.8 Å². The molecule has 2 aliphatic heterocycles. The number of nitrogens with zero attached hydrogens (tertiary/aromatic N) is 4. The summed E-state index contributed by atoms with van der Waals surface area (Å²) in [5.41, 5.74) is 1.74. The Morgan fingerprint density at radius 3 is 2.59 bits per heavy atom. The zero-order valence-corrected chi connectivity index (χ0v) is 20.3. The molecule has 0 unspecified atom stereocenters. The Kier molecular flexibility index (Phi) is 6.40. The summed E-state index contributed by atoms with van der Waals surface area (Å²) in [6, 6.07) is 9.55. The minimum Gasteiger partial charge on any atom is -0.433 e. The SMILES string of the molecule is CC(=O)N1CCN(c2ccc(NC(=O)c3ccc4cc5n(c4n3)[C@H](C)CNC5=O)c(OC(F)F)c2)CC1. The van der Waals surface area contributed by atoms with Crippen molar-refractivity contribution in [3.05, 3.63) is 47.8 Å². The zero-order chi connectivity index (χ0) is 26.3. The molecule has 1 fully saturated rings. The molecule has 1 aromatic carbocycles. The number of amides is 3. The van der Waals surface area contributed by atoms with Crippen LogP contribution >= 0.6 is 0 Å². The van der Waals surface area contributed by atoms with Crippen LogP contribution < -0.4 is 20.3 Å². The maximum atomic E-state index is 13.2. The van der Waals surface area contributed by atoms with E-state index in [2.05, 4.69) is 15.6 Å². The number of nitrogens with one attached hydrogen (secondary N) is 2. The van der Waals surface area contributed by atoms with Gasteiger partial charge in [0.15, 0.2) is 5.75 Å². The topological polar surface area (TPSA) is 109 Å². The van der Waals surface area contributed by atoms with Gasteiger partial charge in [-0.15, -0.1) is 0 Å². The average molecular weight is 513 g/mol. The average Bonchev–Trinajstić information content (AvgIpc) is 3.27. The molecule has 0 saturated carbocycles. The van der Waals surface area contributed by atoms with Gasteiger partial charge in [0.2, 0.25) is 5.91 Å². The van der Waals surface area contributed by atoms with Crippen LogP contribution in [-0.4, -0.2) is 71.5 Å². The first kappa shape index (κ1) is 24.5. The molecule has 1 atom stereocenters. The minimum absolute atomic E-state index is 0.00962. The van der Waals surface area contributed by atoms with Gasteiger partial charge in [0, 0.05) is 56.8 Å². The van der Waals surface area contributed by atoms with Crippen LogP contribution in [0.1, 0.15) is 40.9 Å². The van der Waals surface area contributed by atoms with Gasteiger partial charge in [-0.3, -0.25) is 14.4 Å². The van der Waals surface area contributed by atoms with Crippen molar-refractivity contribution in [3.63, 3.8) is 0 Å². The normalized spacial score (nSPS) is 17.5. The number of hydrogen-bond donors (Lipinski definition) is 2. The van der Waals surface area contributed by atoms with Crippen molar-refractivity contribution < 1.29 is 27.9 Å². The van der Waals surface area contributed by atoms with Gasteiger partial charge in [0.25, 0.3) is 11.8 Å². The molecule has 0 spiro atoms. The van der Waals surface area contributed by atoms with Crippen LogP contribution in [0.3, 0.4) is 0 Å². The molecule has 0 aliphatic carbocycles. The smallest absolute Gasteiger partial charge is 0.387 e. The van der Waals surface area contributed by atoms with Crippen LogP contribution in [0.25, 0.3) is 11.0 Å². The lowest BCUT2D eigenvalue weighted by Gasteiger charge is -2.35. The fourth-order valence-corrected chi connectivity index (χ4v) is 4.74. The summed E-state index contributed by atoms with van der Waals surface area (Å²) in [5, 5.41) is 6.15. The van der Waals surface area contributed by atoms with Crippen LogP contribution in [0.2, 0.25) is 0 Å². The maximum absolute atomic E-state index is 13.2. The number of aromatic nitrogens is 2. The molecule has 37 heavy (non-hydrogen) atoms. The molecule has 4 heterocycles. The Balaban J connectivity index is 1.39. The predicted octanol–water partition coefficient (Wildman–Crippen LogP) is 2.86. The molecule has 2 N–H and O–H groups in total. The first-order valence-corrected chi connectivity index (χ1v) is 11.9. The van der Waals surface area contributed by atoms with Gasteiger partial charge in [0.1, 0.15) is 17.0 Å². The molecule has 2 aromatic heterocycles. The van der Waals surface area contributed by atoms with E-state index < -0.39 is 12.5 Å². The van der Waals surface area contributed by atoms with E-state index in [4.69, 9.17) is 4.74 Å². The van der Waals surface area contributed by atoms with E-state index >= 15 is 0 Å². The minimum atomic E-state index is -3.09. The third-order valence-electron chi connectivity index (χ3n) is 6.67. The summed E-state index contributed by atoms with van der Waals surface area (Å²) in [6.07, 6.45) is 0. The second-order valence-corrected chi connectivity index (χ2v) is 9.07. The van der Waals surface area contributed by atoms with E-state index in [9.17, 15) is 23.2 Å². The number of alkyl halides is 2. The van der Waals surface area contributed by atoms with Gasteiger partial charge in [-0.05, 0) is 37.3 Å². The number of fused-ring (bicyclic) bond motifs is 3. The van der Waals surface area contributed by atoms with Crippen molar-refractivity contribution in [1.82, 2.24) is 19.8 Å². The lowest BCUT2D eigenvalue weighted by Crippen LogP contribution is -2.48. The molecular weight excluding hydrogens is 486 g/mol. The van der Waals surface area contributed by atoms with Gasteiger partial charge in [-0.25, -0.2) is 4.98 Å². The first-order valence-electron chi connectivity index (χ1n) is 11.9. The van der Waals surface area contributed by atoms with Crippen molar-refractivity contribution in [1.29, 1.82) is 0 Å². The van der Waals surface area contributed by atoms with Crippen molar-refractivity contribution in [2.45, 2.75) is 26.5 Å². The number of carbonyl (C=O) groups excluding carboxylic acids is 3. The van der Waals surface area contributed by atoms with E-state index in [0.717, 1.165) is 0 Å². The summed E-state index contributed by atoms with van der Waals surface area (Å²) in [6.45, 7) is 2.94. The Hall–Kier alpha value is -4.22. The molecule has 12 heteroatoms. The van der Waals surface area contributed by atoms with Gasteiger partial charge >= 0.3 is 6.61 Å². The standard InChI is InChI=1S/C25H26F2N6O4/c1-14-13-28-24(36)20-11-16-3-5-19(29-22(16)33(14)20)23(35)30-18-6-4-17(12-21(18)37-25(26)27)32-9-7-31(8-10-32)15(2)34/h3-6,11-12,14,25H,7-10,13H2,1-2H3,(H,28,36)(H,30,35)/t14-/m1/s1. The quantitative estimate of drug-likeness (QED) is 0.544. The molecule has 10 nitrogen and oxygen atoms in total. The second kappa shape index (κ2) is 9.68. The Morgan fingerprint density at radius 2 is 1.89 bits per heavy atom. The number of ether oxygens (including phenoxy) is 1. The Bertz CT molecular complexity index is 1380. The summed E-state index contributed by atoms with van der Waals surface area (Å²) in [5.74, 6) is -1.00. The van der Waals surface area contributed by atoms with Gasteiger partial charge < -0.3 is 29.7 Å². The molecular formula is C25H26F2N6O4. The van der Waals surface area contributed by atoms with Crippen LogP contribution in [0.4, 0.5) is 20.2 Å². The zero-order valence-electron chi connectivity index (χ0n) is 20.3. The highest BCUT2D eigenvalue weighted by atomic mass is 19.3. The van der Waals surface area contributed by atoms with Gasteiger partial charge in [-0.2, -0.15) is 8.78 Å². The monoisotopic (exact) mass is 512 g/mol. The number of halogens is 2. The van der Waals surface area contributed by atoms with E-state index in [1.165, 1.54) is 25.1 Å². The third-order valence-corrected chi connectivity index (χ3v) is 6.67. The molecule has 1 saturated heterocycles. The van der Waals surface area contributed by atoms with Gasteiger partial charge in [0.05, 0.1) is 11.7 Å². The second-order valence-electron chi connectivity index (χ2n) is 9.07. The van der Waals surface area contributed by atoms with Crippen LogP contribution in [0.5, 0.6) is 5.75 Å². The summed E-state index contributed by atoms with van der Waals surface area (Å²) in [4.78, 5) is 45.0. The highest BCUT2D eigenvalue weighted by Crippen LogP contribution is 2.32. The van der Waals surface area contributed by atoms with Crippen molar-refractivity contribution in [3.8, 4) is 5.75 Å². The number of carbonyl (C=O) groups is 3. The number of hydrogen-bond acceptors (Lipinski definition) is 6. The fourth-order valence-electron chi connectivity index (χ4n) is 4.74.